The predicted molar refractivity (Wildman–Crippen MR) is 176 cm³/mol. The van der Waals surface area contributed by atoms with Gasteiger partial charge in [-0.3, -0.25) is 13.9 Å². The average molecular weight is 632 g/mol. The van der Waals surface area contributed by atoms with Gasteiger partial charge < -0.3 is 10.2 Å². The molecular weight excluding hydrogens is 594 g/mol. The second-order valence-electron chi connectivity index (χ2n) is 10.8. The first-order chi connectivity index (χ1) is 21.1. The summed E-state index contributed by atoms with van der Waals surface area (Å²) in [6, 6.07) is 29.2. The third-order valence-corrected chi connectivity index (χ3v) is 9.27. The molecule has 1 atom stereocenters. The fourth-order valence-electron chi connectivity index (χ4n) is 4.97. The zero-order valence-electron chi connectivity index (χ0n) is 25.2. The highest BCUT2D eigenvalue weighted by Crippen LogP contribution is 2.27. The number of sulfonamides is 1. The van der Waals surface area contributed by atoms with E-state index in [1.807, 2.05) is 81.4 Å². The Balaban J connectivity index is 1.80. The third-order valence-electron chi connectivity index (χ3n) is 7.23. The van der Waals surface area contributed by atoms with Gasteiger partial charge in [0.1, 0.15) is 12.6 Å². The minimum atomic E-state index is -4.19. The Hall–Kier alpha value is -4.14. The van der Waals surface area contributed by atoms with Gasteiger partial charge in [0.2, 0.25) is 11.8 Å². The number of anilines is 1. The number of aryl methyl sites for hydroxylation is 2. The van der Waals surface area contributed by atoms with E-state index in [0.717, 1.165) is 33.0 Å². The van der Waals surface area contributed by atoms with Gasteiger partial charge in [-0.2, -0.15) is 0 Å². The normalized spacial score (nSPS) is 11.9. The van der Waals surface area contributed by atoms with E-state index >= 15 is 0 Å². The number of nitrogens with zero attached hydrogens (tertiary/aromatic N) is 2. The van der Waals surface area contributed by atoms with Crippen molar-refractivity contribution in [3.05, 3.63) is 130 Å². The fraction of sp³-hybridized carbons (Fsp3) is 0.257. The maximum absolute atomic E-state index is 14.5. The van der Waals surface area contributed by atoms with E-state index in [-0.39, 0.29) is 23.8 Å². The van der Waals surface area contributed by atoms with Crippen molar-refractivity contribution < 1.29 is 18.0 Å². The summed E-state index contributed by atoms with van der Waals surface area (Å²) in [5.41, 5.74) is 3.91. The Morgan fingerprint density at radius 1 is 0.818 bits per heavy atom. The molecule has 0 saturated heterocycles. The summed E-state index contributed by atoms with van der Waals surface area (Å²) in [6.45, 7) is 5.85. The number of benzene rings is 4. The maximum Gasteiger partial charge on any atom is 0.264 e. The van der Waals surface area contributed by atoms with Crippen molar-refractivity contribution in [2.75, 3.05) is 17.4 Å². The molecule has 0 fully saturated rings. The van der Waals surface area contributed by atoms with E-state index in [2.05, 4.69) is 5.32 Å². The van der Waals surface area contributed by atoms with E-state index in [0.29, 0.717) is 17.3 Å². The van der Waals surface area contributed by atoms with Gasteiger partial charge in [0, 0.05) is 24.5 Å². The molecule has 0 aromatic heterocycles. The second-order valence-corrected chi connectivity index (χ2v) is 13.1. The summed E-state index contributed by atoms with van der Waals surface area (Å²) in [5.74, 6) is -0.794. The first kappa shape index (κ1) is 32.8. The second kappa shape index (κ2) is 15.0. The lowest BCUT2D eigenvalue weighted by Gasteiger charge is -2.34. The molecule has 4 rings (SSSR count). The molecule has 1 N–H and O–H groups in total. The molecule has 1 unspecified atom stereocenters. The number of hydrogen-bond donors (Lipinski definition) is 1. The van der Waals surface area contributed by atoms with Crippen LogP contribution in [0.1, 0.15) is 35.6 Å². The molecule has 44 heavy (non-hydrogen) atoms. The van der Waals surface area contributed by atoms with Crippen LogP contribution < -0.4 is 9.62 Å². The summed E-state index contributed by atoms with van der Waals surface area (Å²) in [4.78, 5) is 29.7. The molecule has 0 saturated carbocycles. The lowest BCUT2D eigenvalue weighted by molar-refractivity contribution is -0.140. The number of hydrogen-bond acceptors (Lipinski definition) is 4. The highest BCUT2D eigenvalue weighted by molar-refractivity contribution is 7.92. The summed E-state index contributed by atoms with van der Waals surface area (Å²) < 4.78 is 29.3. The molecule has 0 heterocycles. The Bertz CT molecular complexity index is 1680. The van der Waals surface area contributed by atoms with Crippen LogP contribution in [0.15, 0.2) is 108 Å². The van der Waals surface area contributed by atoms with Crippen LogP contribution in [-0.2, 0) is 32.6 Å². The Kier molecular flexibility index (Phi) is 11.2. The lowest BCUT2D eigenvalue weighted by Crippen LogP contribution is -2.53. The number of halogens is 1. The molecule has 230 valence electrons. The Labute approximate surface area is 265 Å². The summed E-state index contributed by atoms with van der Waals surface area (Å²) >= 11 is 6.05. The molecular formula is C35H38ClN3O4S. The van der Waals surface area contributed by atoms with Crippen molar-refractivity contribution in [1.29, 1.82) is 0 Å². The van der Waals surface area contributed by atoms with E-state index < -0.39 is 28.5 Å². The molecule has 7 nitrogen and oxygen atoms in total. The minimum absolute atomic E-state index is 0.00275. The maximum atomic E-state index is 14.5. The molecule has 0 aliphatic carbocycles. The SMILES string of the molecule is CCCNC(=O)C(Cc1ccccc1)N(Cc1cccc(C)c1)C(=O)CN(c1cccc(C)c1)S(=O)(=O)c1ccc(Cl)cc1. The minimum Gasteiger partial charge on any atom is -0.354 e. The number of nitrogens with one attached hydrogen (secondary N) is 1. The van der Waals surface area contributed by atoms with Gasteiger partial charge in [-0.25, -0.2) is 8.42 Å². The van der Waals surface area contributed by atoms with Crippen LogP contribution in [0.5, 0.6) is 0 Å². The highest BCUT2D eigenvalue weighted by atomic mass is 35.5. The molecule has 4 aromatic carbocycles. The van der Waals surface area contributed by atoms with Crippen molar-refractivity contribution in [3.8, 4) is 0 Å². The highest BCUT2D eigenvalue weighted by Gasteiger charge is 2.34. The van der Waals surface area contributed by atoms with E-state index in [9.17, 15) is 18.0 Å². The van der Waals surface area contributed by atoms with Gasteiger partial charge in [0.25, 0.3) is 10.0 Å². The van der Waals surface area contributed by atoms with Crippen molar-refractivity contribution in [1.82, 2.24) is 10.2 Å². The van der Waals surface area contributed by atoms with Gasteiger partial charge in [0.15, 0.2) is 0 Å². The largest absolute Gasteiger partial charge is 0.354 e. The van der Waals surface area contributed by atoms with Crippen molar-refractivity contribution >= 4 is 39.1 Å². The van der Waals surface area contributed by atoms with Crippen molar-refractivity contribution in [2.24, 2.45) is 0 Å². The standard InChI is InChI=1S/C35H38ClN3O4S/c1-4-20-37-35(41)33(23-28-12-6-5-7-13-28)38(24-29-14-8-10-26(2)21-29)34(40)25-39(31-15-9-11-27(3)22-31)44(42,43)32-18-16-30(36)17-19-32/h5-19,21-22,33H,4,20,23-25H2,1-3H3,(H,37,41). The summed E-state index contributed by atoms with van der Waals surface area (Å²) in [5, 5.41) is 3.36. The molecule has 4 aromatic rings. The number of carbonyl (C=O) groups excluding carboxylic acids is 2. The number of amides is 2. The van der Waals surface area contributed by atoms with Crippen LogP contribution in [0.3, 0.4) is 0 Å². The van der Waals surface area contributed by atoms with Crippen molar-refractivity contribution in [2.45, 2.75) is 51.1 Å². The third kappa shape index (κ3) is 8.49. The van der Waals surface area contributed by atoms with Gasteiger partial charge in [-0.15, -0.1) is 0 Å². The van der Waals surface area contributed by atoms with Crippen LogP contribution in [0, 0.1) is 13.8 Å². The monoisotopic (exact) mass is 631 g/mol. The van der Waals surface area contributed by atoms with Gasteiger partial charge in [0.05, 0.1) is 10.6 Å². The molecule has 0 radical (unpaired) electrons. The first-order valence-electron chi connectivity index (χ1n) is 14.6. The van der Waals surface area contributed by atoms with Crippen LogP contribution in [0.4, 0.5) is 5.69 Å². The van der Waals surface area contributed by atoms with Gasteiger partial charge in [-0.1, -0.05) is 90.8 Å². The quantitative estimate of drug-likeness (QED) is 0.187. The van der Waals surface area contributed by atoms with Crippen molar-refractivity contribution in [3.63, 3.8) is 0 Å². The number of carbonyl (C=O) groups is 2. The molecule has 0 spiro atoms. The lowest BCUT2D eigenvalue weighted by atomic mass is 10.0. The van der Waals surface area contributed by atoms with Crippen LogP contribution in [-0.4, -0.2) is 44.3 Å². The van der Waals surface area contributed by atoms with E-state index in [4.69, 9.17) is 11.6 Å². The summed E-state index contributed by atoms with van der Waals surface area (Å²) in [7, 11) is -4.19. The Morgan fingerprint density at radius 2 is 1.45 bits per heavy atom. The fourth-order valence-corrected chi connectivity index (χ4v) is 6.50. The van der Waals surface area contributed by atoms with Crippen LogP contribution >= 0.6 is 11.6 Å². The average Bonchev–Trinajstić information content (AvgIpc) is 3.01. The predicted octanol–water partition coefficient (Wildman–Crippen LogP) is 6.32. The first-order valence-corrected chi connectivity index (χ1v) is 16.4. The summed E-state index contributed by atoms with van der Waals surface area (Å²) in [6.07, 6.45) is 0.998. The zero-order valence-corrected chi connectivity index (χ0v) is 26.8. The molecule has 0 aliphatic heterocycles. The number of rotatable bonds is 13. The van der Waals surface area contributed by atoms with Crippen LogP contribution in [0.25, 0.3) is 0 Å². The molecule has 0 bridgehead atoms. The molecule has 0 aliphatic rings. The smallest absolute Gasteiger partial charge is 0.264 e. The zero-order chi connectivity index (χ0) is 31.7. The topological polar surface area (TPSA) is 86.8 Å². The molecule has 9 heteroatoms. The van der Waals surface area contributed by atoms with Gasteiger partial charge in [-0.05, 0) is 73.4 Å². The van der Waals surface area contributed by atoms with Gasteiger partial charge >= 0.3 is 0 Å². The Morgan fingerprint density at radius 3 is 2.09 bits per heavy atom. The van der Waals surface area contributed by atoms with Crippen LogP contribution in [0.2, 0.25) is 5.02 Å². The molecule has 2 amide bonds. The van der Waals surface area contributed by atoms with E-state index in [1.54, 1.807) is 18.2 Å². The van der Waals surface area contributed by atoms with E-state index in [1.165, 1.54) is 29.2 Å².